The van der Waals surface area contributed by atoms with E-state index in [0.717, 1.165) is 0 Å². The zero-order valence-corrected chi connectivity index (χ0v) is 14.2. The van der Waals surface area contributed by atoms with Crippen molar-refractivity contribution in [1.29, 1.82) is 0 Å². The van der Waals surface area contributed by atoms with E-state index in [1.807, 2.05) is 13.8 Å². The molecule has 120 valence electrons. The molecule has 4 N–H and O–H groups in total. The molecule has 0 heterocycles. The summed E-state index contributed by atoms with van der Waals surface area (Å²) in [6.07, 6.45) is 1.37. The van der Waals surface area contributed by atoms with Gasteiger partial charge in [0.25, 0.3) is 0 Å². The van der Waals surface area contributed by atoms with E-state index in [1.165, 1.54) is 12.1 Å². The summed E-state index contributed by atoms with van der Waals surface area (Å²) in [5.41, 5.74) is 6.11. The van der Waals surface area contributed by atoms with Gasteiger partial charge < -0.3 is 10.8 Å². The molecule has 0 atom stereocenters. The summed E-state index contributed by atoms with van der Waals surface area (Å²) >= 11 is 5.94. The van der Waals surface area contributed by atoms with Crippen LogP contribution in [0.3, 0.4) is 0 Å². The van der Waals surface area contributed by atoms with Gasteiger partial charge in [0, 0.05) is 18.6 Å². The van der Waals surface area contributed by atoms with Crippen molar-refractivity contribution in [2.45, 2.75) is 38.5 Å². The van der Waals surface area contributed by atoms with E-state index in [9.17, 15) is 13.5 Å². The third-order valence-corrected chi connectivity index (χ3v) is 5.94. The molecule has 0 spiro atoms. The molecule has 0 bridgehead atoms. The lowest BCUT2D eigenvalue weighted by atomic mass is 9.84. The Morgan fingerprint density at radius 3 is 2.33 bits per heavy atom. The largest absolute Gasteiger partial charge is 0.397 e. The summed E-state index contributed by atoms with van der Waals surface area (Å²) < 4.78 is 27.3. The van der Waals surface area contributed by atoms with Crippen LogP contribution >= 0.6 is 11.6 Å². The molecule has 0 amide bonds. The zero-order valence-electron chi connectivity index (χ0n) is 12.6. The summed E-state index contributed by atoms with van der Waals surface area (Å²) in [5, 5.41) is 9.86. The molecule has 7 heteroatoms. The summed E-state index contributed by atoms with van der Waals surface area (Å²) in [7, 11) is -3.69. The Hall–Kier alpha value is -0.820. The number of nitrogens with one attached hydrogen (secondary N) is 1. The quantitative estimate of drug-likeness (QED) is 0.667. The van der Waals surface area contributed by atoms with Crippen LogP contribution in [0.15, 0.2) is 17.0 Å². The van der Waals surface area contributed by atoms with E-state index in [0.29, 0.717) is 23.4 Å². The fraction of sp³-hybridized carbons (Fsp3) is 0.571. The van der Waals surface area contributed by atoms with Crippen LogP contribution in [0.25, 0.3) is 0 Å². The number of aliphatic hydroxyl groups is 1. The van der Waals surface area contributed by atoms with Gasteiger partial charge in [0.2, 0.25) is 10.0 Å². The predicted octanol–water partition coefficient (Wildman–Crippen LogP) is 2.31. The minimum absolute atomic E-state index is 0.0652. The van der Waals surface area contributed by atoms with Crippen LogP contribution in [0.5, 0.6) is 0 Å². The fourth-order valence-corrected chi connectivity index (χ4v) is 3.41. The van der Waals surface area contributed by atoms with Crippen LogP contribution in [-0.2, 0) is 10.0 Å². The molecule has 0 radical (unpaired) electrons. The SMILES string of the molecule is CCC(CC)(CO)CNS(=O)(=O)c1cc(C)c(Cl)c(N)c1. The molecule has 0 aliphatic rings. The predicted molar refractivity (Wildman–Crippen MR) is 85.9 cm³/mol. The van der Waals surface area contributed by atoms with Crippen LogP contribution < -0.4 is 10.5 Å². The van der Waals surface area contributed by atoms with Crippen molar-refractivity contribution < 1.29 is 13.5 Å². The van der Waals surface area contributed by atoms with Crippen molar-refractivity contribution in [2.24, 2.45) is 5.41 Å². The minimum atomic E-state index is -3.69. The molecule has 1 rings (SSSR count). The molecule has 0 fully saturated rings. The number of aryl methyl sites for hydroxylation is 1. The lowest BCUT2D eigenvalue weighted by Gasteiger charge is -2.29. The third-order valence-electron chi connectivity index (χ3n) is 4.04. The van der Waals surface area contributed by atoms with Gasteiger partial charge in [-0.3, -0.25) is 0 Å². The number of nitrogen functional groups attached to an aromatic ring is 1. The Morgan fingerprint density at radius 1 is 1.33 bits per heavy atom. The number of halogens is 1. The van der Waals surface area contributed by atoms with Crippen LogP contribution in [-0.4, -0.2) is 26.7 Å². The number of anilines is 1. The maximum Gasteiger partial charge on any atom is 0.240 e. The highest BCUT2D eigenvalue weighted by molar-refractivity contribution is 7.89. The molecule has 0 aliphatic heterocycles. The Bertz CT molecular complexity index is 567. The van der Waals surface area contributed by atoms with E-state index in [4.69, 9.17) is 17.3 Å². The molecule has 0 aromatic heterocycles. The molecule has 0 saturated heterocycles. The van der Waals surface area contributed by atoms with E-state index < -0.39 is 15.4 Å². The van der Waals surface area contributed by atoms with Crippen molar-refractivity contribution in [3.05, 3.63) is 22.7 Å². The lowest BCUT2D eigenvalue weighted by Crippen LogP contribution is -2.39. The maximum absolute atomic E-state index is 12.4. The maximum atomic E-state index is 12.4. The number of sulfonamides is 1. The Kier molecular flexibility index (Phi) is 6.04. The number of rotatable bonds is 7. The van der Waals surface area contributed by atoms with Crippen molar-refractivity contribution in [3.8, 4) is 0 Å². The topological polar surface area (TPSA) is 92.4 Å². The fourth-order valence-electron chi connectivity index (χ4n) is 2.03. The average Bonchev–Trinajstić information content (AvgIpc) is 2.46. The highest BCUT2D eigenvalue weighted by Gasteiger charge is 2.28. The molecule has 21 heavy (non-hydrogen) atoms. The highest BCUT2D eigenvalue weighted by Crippen LogP contribution is 2.28. The van der Waals surface area contributed by atoms with Gasteiger partial charge in [0.05, 0.1) is 15.6 Å². The molecular weight excluding hydrogens is 312 g/mol. The first-order chi connectivity index (χ1) is 9.71. The molecule has 5 nitrogen and oxygen atoms in total. The monoisotopic (exact) mass is 334 g/mol. The Labute approximate surface area is 131 Å². The zero-order chi connectivity index (χ0) is 16.3. The van der Waals surface area contributed by atoms with Crippen molar-refractivity contribution >= 4 is 27.3 Å². The van der Waals surface area contributed by atoms with E-state index in [1.54, 1.807) is 6.92 Å². The van der Waals surface area contributed by atoms with Gasteiger partial charge in [-0.1, -0.05) is 25.4 Å². The van der Waals surface area contributed by atoms with Crippen LogP contribution in [0.4, 0.5) is 5.69 Å². The first-order valence-electron chi connectivity index (χ1n) is 6.87. The van der Waals surface area contributed by atoms with E-state index in [-0.39, 0.29) is 23.7 Å². The van der Waals surface area contributed by atoms with Crippen LogP contribution in [0.2, 0.25) is 5.02 Å². The summed E-state index contributed by atoms with van der Waals surface area (Å²) in [6.45, 7) is 5.68. The van der Waals surface area contributed by atoms with Crippen LogP contribution in [0.1, 0.15) is 32.3 Å². The number of benzene rings is 1. The number of nitrogens with two attached hydrogens (primary N) is 1. The first-order valence-corrected chi connectivity index (χ1v) is 8.73. The van der Waals surface area contributed by atoms with Gasteiger partial charge >= 0.3 is 0 Å². The van der Waals surface area contributed by atoms with E-state index >= 15 is 0 Å². The van der Waals surface area contributed by atoms with E-state index in [2.05, 4.69) is 4.72 Å². The van der Waals surface area contributed by atoms with Gasteiger partial charge in [-0.05, 0) is 37.5 Å². The Morgan fingerprint density at radius 2 is 1.90 bits per heavy atom. The average molecular weight is 335 g/mol. The normalized spacial score (nSPS) is 12.6. The second-order valence-corrected chi connectivity index (χ2v) is 7.48. The minimum Gasteiger partial charge on any atom is -0.397 e. The molecular formula is C14H23ClN2O3S. The lowest BCUT2D eigenvalue weighted by molar-refractivity contribution is 0.119. The molecule has 0 saturated carbocycles. The highest BCUT2D eigenvalue weighted by atomic mass is 35.5. The second kappa shape index (κ2) is 6.96. The van der Waals surface area contributed by atoms with Gasteiger partial charge in [0.1, 0.15) is 0 Å². The smallest absolute Gasteiger partial charge is 0.240 e. The van der Waals surface area contributed by atoms with Crippen molar-refractivity contribution in [2.75, 3.05) is 18.9 Å². The summed E-state index contributed by atoms with van der Waals surface area (Å²) in [4.78, 5) is 0.0842. The molecule has 0 aliphatic carbocycles. The van der Waals surface area contributed by atoms with Gasteiger partial charge in [-0.2, -0.15) is 0 Å². The number of hydrogen-bond donors (Lipinski definition) is 3. The van der Waals surface area contributed by atoms with Gasteiger partial charge in [0.15, 0.2) is 0 Å². The molecule has 1 aromatic rings. The first kappa shape index (κ1) is 18.2. The van der Waals surface area contributed by atoms with Crippen molar-refractivity contribution in [1.82, 2.24) is 4.72 Å². The second-order valence-electron chi connectivity index (χ2n) is 5.33. The summed E-state index contributed by atoms with van der Waals surface area (Å²) in [6, 6.07) is 2.83. The third kappa shape index (κ3) is 4.10. The Balaban J connectivity index is 3.03. The standard InChI is InChI=1S/C14H23ClN2O3S/c1-4-14(5-2,9-18)8-17-21(19,20)11-6-10(3)13(15)12(16)7-11/h6-7,17-18H,4-5,8-9,16H2,1-3H3. The van der Waals surface area contributed by atoms with Crippen LogP contribution in [0, 0.1) is 12.3 Å². The van der Waals surface area contributed by atoms with Crippen molar-refractivity contribution in [3.63, 3.8) is 0 Å². The van der Waals surface area contributed by atoms with Gasteiger partial charge in [-0.25, -0.2) is 13.1 Å². The molecule has 0 unspecified atom stereocenters. The number of aliphatic hydroxyl groups excluding tert-OH is 1. The van der Waals surface area contributed by atoms with Gasteiger partial charge in [-0.15, -0.1) is 0 Å². The number of hydrogen-bond acceptors (Lipinski definition) is 4. The molecule has 1 aromatic carbocycles. The summed E-state index contributed by atoms with van der Waals surface area (Å²) in [5.74, 6) is 0.